The second-order valence-corrected chi connectivity index (χ2v) is 9.86. The smallest absolute Gasteiger partial charge is 0.273 e. The number of hydrogen-bond acceptors (Lipinski definition) is 4. The normalized spacial score (nSPS) is 21.6. The van der Waals surface area contributed by atoms with Crippen LogP contribution in [0.15, 0.2) is 30.3 Å². The topological polar surface area (TPSA) is 76.5 Å². The molecule has 1 fully saturated rings. The number of benzene rings is 1. The van der Waals surface area contributed by atoms with E-state index in [1.54, 1.807) is 16.7 Å². The van der Waals surface area contributed by atoms with Gasteiger partial charge in [-0.1, -0.05) is 63.3 Å². The third-order valence-electron chi connectivity index (χ3n) is 7.40. The maximum atomic E-state index is 13.7. The number of aryl methyl sites for hydroxylation is 1. The van der Waals surface area contributed by atoms with Crippen molar-refractivity contribution in [2.24, 2.45) is 0 Å². The van der Waals surface area contributed by atoms with E-state index in [0.717, 1.165) is 43.4 Å². The quantitative estimate of drug-likeness (QED) is 0.663. The highest BCUT2D eigenvalue weighted by molar-refractivity contribution is 6.00. The van der Waals surface area contributed by atoms with Gasteiger partial charge < -0.3 is 15.0 Å². The highest BCUT2D eigenvalue weighted by Gasteiger charge is 2.48. The number of methoxy groups -OCH3 is 1. The Bertz CT molecular complexity index is 992. The number of ether oxygens (including phenoxy) is 1. The Morgan fingerprint density at radius 1 is 1.15 bits per heavy atom. The van der Waals surface area contributed by atoms with Crippen molar-refractivity contribution < 1.29 is 14.3 Å². The molecule has 2 amide bonds. The first-order chi connectivity index (χ1) is 16.5. The summed E-state index contributed by atoms with van der Waals surface area (Å²) < 4.78 is 7.00. The standard InChI is InChI=1S/C27H38N4O3/c1-4-20-12-14-21(15-13-20)23-18-24-25(32)30(16-17-34-3)27(2,19-31(24)29-23)26(33)28-22-10-8-6-5-7-9-11-22/h12-15,18,22H,4-11,16-17,19H2,1-3H3,(H,28,33)/t27-/m0/s1. The van der Waals surface area contributed by atoms with Crippen LogP contribution in [0.2, 0.25) is 0 Å². The van der Waals surface area contributed by atoms with Crippen LogP contribution in [0.25, 0.3) is 11.3 Å². The first kappa shape index (κ1) is 24.5. The molecule has 7 nitrogen and oxygen atoms in total. The van der Waals surface area contributed by atoms with Crippen LogP contribution in [0.1, 0.15) is 74.8 Å². The molecule has 1 aromatic carbocycles. The Morgan fingerprint density at radius 2 is 1.82 bits per heavy atom. The number of aromatic nitrogens is 2. The lowest BCUT2D eigenvalue weighted by Gasteiger charge is -2.43. The summed E-state index contributed by atoms with van der Waals surface area (Å²) in [4.78, 5) is 29.0. The minimum absolute atomic E-state index is 0.0995. The highest BCUT2D eigenvalue weighted by Crippen LogP contribution is 2.30. The number of carbonyl (C=O) groups excluding carboxylic acids is 2. The molecule has 0 saturated heterocycles. The van der Waals surface area contributed by atoms with Crippen molar-refractivity contribution in [3.05, 3.63) is 41.6 Å². The minimum atomic E-state index is -1.03. The summed E-state index contributed by atoms with van der Waals surface area (Å²) in [5, 5.41) is 8.04. The van der Waals surface area contributed by atoms with Crippen molar-refractivity contribution in [2.75, 3.05) is 20.3 Å². The molecule has 4 rings (SSSR count). The molecule has 0 spiro atoms. The largest absolute Gasteiger partial charge is 0.383 e. The fraction of sp³-hybridized carbons (Fsp3) is 0.593. The predicted molar refractivity (Wildman–Crippen MR) is 133 cm³/mol. The Morgan fingerprint density at radius 3 is 2.47 bits per heavy atom. The molecule has 34 heavy (non-hydrogen) atoms. The van der Waals surface area contributed by atoms with Gasteiger partial charge in [0.2, 0.25) is 5.91 Å². The lowest BCUT2D eigenvalue weighted by molar-refractivity contribution is -0.134. The zero-order valence-corrected chi connectivity index (χ0v) is 20.8. The molecular weight excluding hydrogens is 428 g/mol. The SMILES string of the molecule is CCc1ccc(-c2cc3n(n2)C[C@@](C)(C(=O)NC2CCCCCCC2)N(CCOC)C3=O)cc1. The van der Waals surface area contributed by atoms with Gasteiger partial charge in [-0.25, -0.2) is 0 Å². The lowest BCUT2D eigenvalue weighted by Crippen LogP contribution is -2.65. The van der Waals surface area contributed by atoms with E-state index in [-0.39, 0.29) is 17.9 Å². The maximum Gasteiger partial charge on any atom is 0.273 e. The molecule has 1 aliphatic carbocycles. The van der Waals surface area contributed by atoms with Crippen LogP contribution in [0.3, 0.4) is 0 Å². The number of rotatable bonds is 7. The van der Waals surface area contributed by atoms with Crippen LogP contribution >= 0.6 is 0 Å². The van der Waals surface area contributed by atoms with Crippen LogP contribution in [0.4, 0.5) is 0 Å². The lowest BCUT2D eigenvalue weighted by atomic mass is 9.92. The van der Waals surface area contributed by atoms with Crippen molar-refractivity contribution in [3.63, 3.8) is 0 Å². The first-order valence-electron chi connectivity index (χ1n) is 12.8. The second-order valence-electron chi connectivity index (χ2n) is 9.86. The molecular formula is C27H38N4O3. The third kappa shape index (κ3) is 5.04. The zero-order valence-electron chi connectivity index (χ0n) is 20.8. The number of fused-ring (bicyclic) bond motifs is 1. The van der Waals surface area contributed by atoms with Gasteiger partial charge in [0.25, 0.3) is 5.91 Å². The van der Waals surface area contributed by atoms with Gasteiger partial charge in [-0.2, -0.15) is 5.10 Å². The average molecular weight is 467 g/mol. The Labute approximate surface area is 202 Å². The van der Waals surface area contributed by atoms with Gasteiger partial charge in [-0.05, 0) is 37.8 Å². The molecule has 2 aromatic rings. The van der Waals surface area contributed by atoms with Gasteiger partial charge in [0.1, 0.15) is 11.2 Å². The molecule has 0 bridgehead atoms. The fourth-order valence-electron chi connectivity index (χ4n) is 5.17. The van der Waals surface area contributed by atoms with E-state index in [4.69, 9.17) is 9.84 Å². The molecule has 1 saturated carbocycles. The van der Waals surface area contributed by atoms with Crippen molar-refractivity contribution in [1.82, 2.24) is 20.0 Å². The Kier molecular flexibility index (Phi) is 7.71. The Balaban J connectivity index is 1.61. The number of hydrogen-bond donors (Lipinski definition) is 1. The van der Waals surface area contributed by atoms with Crippen LogP contribution in [0.5, 0.6) is 0 Å². The number of amides is 2. The molecule has 1 aliphatic heterocycles. The molecule has 1 aromatic heterocycles. The monoisotopic (exact) mass is 466 g/mol. The number of nitrogens with zero attached hydrogens (tertiary/aromatic N) is 3. The summed E-state index contributed by atoms with van der Waals surface area (Å²) in [5.74, 6) is -0.278. The predicted octanol–water partition coefficient (Wildman–Crippen LogP) is 4.20. The van der Waals surface area contributed by atoms with Crippen molar-refractivity contribution >= 4 is 11.8 Å². The van der Waals surface area contributed by atoms with Gasteiger partial charge in [0, 0.05) is 25.3 Å². The van der Waals surface area contributed by atoms with E-state index in [0.29, 0.717) is 25.4 Å². The van der Waals surface area contributed by atoms with Crippen molar-refractivity contribution in [2.45, 2.75) is 83.3 Å². The molecule has 184 valence electrons. The van der Waals surface area contributed by atoms with Crippen LogP contribution in [-0.4, -0.2) is 58.3 Å². The fourth-order valence-corrected chi connectivity index (χ4v) is 5.17. The third-order valence-corrected chi connectivity index (χ3v) is 7.40. The molecule has 7 heteroatoms. The van der Waals surface area contributed by atoms with E-state index in [2.05, 4.69) is 24.4 Å². The van der Waals surface area contributed by atoms with Gasteiger partial charge >= 0.3 is 0 Å². The van der Waals surface area contributed by atoms with Crippen LogP contribution in [0, 0.1) is 0 Å². The second kappa shape index (κ2) is 10.7. The summed E-state index contributed by atoms with van der Waals surface area (Å²) in [6.07, 6.45) is 8.97. The first-order valence-corrected chi connectivity index (χ1v) is 12.8. The molecule has 2 aliphatic rings. The van der Waals surface area contributed by atoms with E-state index >= 15 is 0 Å². The van der Waals surface area contributed by atoms with Gasteiger partial charge in [-0.3, -0.25) is 14.3 Å². The summed E-state index contributed by atoms with van der Waals surface area (Å²) in [7, 11) is 1.61. The Hall–Kier alpha value is -2.67. The zero-order chi connectivity index (χ0) is 24.1. The average Bonchev–Trinajstić information content (AvgIpc) is 3.24. The summed E-state index contributed by atoms with van der Waals surface area (Å²) >= 11 is 0. The number of carbonyl (C=O) groups is 2. The van der Waals surface area contributed by atoms with Gasteiger partial charge in [-0.15, -0.1) is 0 Å². The van der Waals surface area contributed by atoms with Gasteiger partial charge in [0.05, 0.1) is 18.8 Å². The van der Waals surface area contributed by atoms with E-state index in [1.807, 2.05) is 25.1 Å². The minimum Gasteiger partial charge on any atom is -0.383 e. The summed E-state index contributed by atoms with van der Waals surface area (Å²) in [6.45, 7) is 5.04. The maximum absolute atomic E-state index is 13.7. The van der Waals surface area contributed by atoms with Crippen LogP contribution < -0.4 is 5.32 Å². The van der Waals surface area contributed by atoms with Crippen molar-refractivity contribution in [3.8, 4) is 11.3 Å². The van der Waals surface area contributed by atoms with Gasteiger partial charge in [0.15, 0.2) is 0 Å². The molecule has 1 atom stereocenters. The highest BCUT2D eigenvalue weighted by atomic mass is 16.5. The molecule has 0 radical (unpaired) electrons. The van der Waals surface area contributed by atoms with Crippen molar-refractivity contribution in [1.29, 1.82) is 0 Å². The van der Waals surface area contributed by atoms with E-state index in [9.17, 15) is 9.59 Å². The summed E-state index contributed by atoms with van der Waals surface area (Å²) in [6, 6.07) is 10.3. The van der Waals surface area contributed by atoms with E-state index in [1.165, 1.54) is 24.8 Å². The molecule has 1 N–H and O–H groups in total. The number of nitrogens with one attached hydrogen (secondary N) is 1. The van der Waals surface area contributed by atoms with Crippen LogP contribution in [-0.2, 0) is 22.5 Å². The van der Waals surface area contributed by atoms with E-state index < -0.39 is 5.54 Å². The molecule has 0 unspecified atom stereocenters. The summed E-state index contributed by atoms with van der Waals surface area (Å²) in [5.41, 5.74) is 2.47. The molecule has 2 heterocycles.